The zero-order valence-electron chi connectivity index (χ0n) is 11.8. The van der Waals surface area contributed by atoms with Crippen molar-refractivity contribution in [3.63, 3.8) is 0 Å². The molecule has 2 aromatic rings. The van der Waals surface area contributed by atoms with Crippen LogP contribution in [0.3, 0.4) is 0 Å². The summed E-state index contributed by atoms with van der Waals surface area (Å²) in [6.07, 6.45) is 6.57. The van der Waals surface area contributed by atoms with Crippen molar-refractivity contribution in [3.8, 4) is 0 Å². The number of aromatic nitrogens is 2. The van der Waals surface area contributed by atoms with Crippen LogP contribution in [-0.2, 0) is 6.54 Å². The summed E-state index contributed by atoms with van der Waals surface area (Å²) in [5.41, 5.74) is 1.86. The predicted molar refractivity (Wildman–Crippen MR) is 78.0 cm³/mol. The van der Waals surface area contributed by atoms with Gasteiger partial charge in [0.15, 0.2) is 0 Å². The molecular weight excluding hydrogens is 252 g/mol. The lowest BCUT2D eigenvalue weighted by molar-refractivity contribution is 0.0699. The van der Waals surface area contributed by atoms with E-state index in [1.54, 1.807) is 12.1 Å². The lowest BCUT2D eigenvalue weighted by Gasteiger charge is -2.11. The quantitative estimate of drug-likeness (QED) is 0.924. The van der Waals surface area contributed by atoms with Gasteiger partial charge < -0.3 is 9.67 Å². The first-order valence-electron chi connectivity index (χ1n) is 7.36. The van der Waals surface area contributed by atoms with Crippen molar-refractivity contribution in [2.45, 2.75) is 45.6 Å². The Hall–Kier alpha value is -1.84. The van der Waals surface area contributed by atoms with Crippen LogP contribution in [0.1, 0.15) is 48.3 Å². The van der Waals surface area contributed by atoms with Crippen LogP contribution in [0.2, 0.25) is 0 Å². The van der Waals surface area contributed by atoms with Gasteiger partial charge >= 0.3 is 5.97 Å². The molecule has 1 aromatic heterocycles. The third-order valence-electron chi connectivity index (χ3n) is 4.44. The van der Waals surface area contributed by atoms with Crippen LogP contribution in [0, 0.1) is 12.8 Å². The smallest absolute Gasteiger partial charge is 0.337 e. The van der Waals surface area contributed by atoms with Gasteiger partial charge in [-0.05, 0) is 31.4 Å². The summed E-state index contributed by atoms with van der Waals surface area (Å²) in [6, 6.07) is 5.40. The highest BCUT2D eigenvalue weighted by Gasteiger charge is 2.18. The minimum atomic E-state index is -0.906. The highest BCUT2D eigenvalue weighted by molar-refractivity contribution is 6.01. The summed E-state index contributed by atoms with van der Waals surface area (Å²) in [4.78, 5) is 15.7. The topological polar surface area (TPSA) is 55.1 Å². The minimum Gasteiger partial charge on any atom is -0.478 e. The molecule has 1 heterocycles. The summed E-state index contributed by atoms with van der Waals surface area (Å²) < 4.78 is 2.17. The molecule has 1 aromatic carbocycles. The normalized spacial score (nSPS) is 16.1. The lowest BCUT2D eigenvalue weighted by Crippen LogP contribution is -2.05. The van der Waals surface area contributed by atoms with Gasteiger partial charge in [-0.15, -0.1) is 0 Å². The van der Waals surface area contributed by atoms with Gasteiger partial charge in [-0.25, -0.2) is 9.78 Å². The SMILES string of the molecule is Cc1nc2c(C(=O)O)cccc2n1CCC1CCCC1. The van der Waals surface area contributed by atoms with E-state index in [9.17, 15) is 9.90 Å². The van der Waals surface area contributed by atoms with Crippen molar-refractivity contribution in [2.75, 3.05) is 0 Å². The fraction of sp³-hybridized carbons (Fsp3) is 0.500. The number of aryl methyl sites for hydroxylation is 2. The summed E-state index contributed by atoms with van der Waals surface area (Å²) >= 11 is 0. The first-order valence-corrected chi connectivity index (χ1v) is 7.36. The Labute approximate surface area is 118 Å². The standard InChI is InChI=1S/C16H20N2O2/c1-11-17-15-13(16(19)20)7-4-8-14(15)18(11)10-9-12-5-2-3-6-12/h4,7-8,12H,2-3,5-6,9-10H2,1H3,(H,19,20). The third kappa shape index (κ3) is 2.30. The Morgan fingerprint density at radius 1 is 1.40 bits per heavy atom. The van der Waals surface area contributed by atoms with Crippen molar-refractivity contribution >= 4 is 17.0 Å². The van der Waals surface area contributed by atoms with E-state index in [0.29, 0.717) is 11.1 Å². The number of carbonyl (C=O) groups is 1. The number of hydrogen-bond donors (Lipinski definition) is 1. The maximum atomic E-state index is 11.3. The molecule has 4 heteroatoms. The molecule has 0 amide bonds. The molecule has 1 aliphatic rings. The largest absolute Gasteiger partial charge is 0.478 e. The number of imidazole rings is 1. The zero-order valence-corrected chi connectivity index (χ0v) is 11.8. The molecule has 0 unspecified atom stereocenters. The van der Waals surface area contributed by atoms with E-state index >= 15 is 0 Å². The Kier molecular flexibility index (Phi) is 3.47. The number of rotatable bonds is 4. The van der Waals surface area contributed by atoms with E-state index in [4.69, 9.17) is 0 Å². The number of hydrogen-bond acceptors (Lipinski definition) is 2. The molecule has 1 saturated carbocycles. The summed E-state index contributed by atoms with van der Waals surface area (Å²) in [5.74, 6) is 0.831. The maximum absolute atomic E-state index is 11.3. The molecule has 1 aliphatic carbocycles. The van der Waals surface area contributed by atoms with Gasteiger partial charge in [-0.2, -0.15) is 0 Å². The molecule has 20 heavy (non-hydrogen) atoms. The van der Waals surface area contributed by atoms with Gasteiger partial charge in [0.2, 0.25) is 0 Å². The second kappa shape index (κ2) is 5.27. The van der Waals surface area contributed by atoms with Crippen LogP contribution >= 0.6 is 0 Å². The number of nitrogens with zero attached hydrogens (tertiary/aromatic N) is 2. The molecule has 0 spiro atoms. The van der Waals surface area contributed by atoms with E-state index in [0.717, 1.165) is 23.8 Å². The average molecular weight is 272 g/mol. The van der Waals surface area contributed by atoms with Gasteiger partial charge in [-0.1, -0.05) is 31.7 Å². The molecule has 0 atom stereocenters. The monoisotopic (exact) mass is 272 g/mol. The molecular formula is C16H20N2O2. The fourth-order valence-electron chi connectivity index (χ4n) is 3.33. The van der Waals surface area contributed by atoms with E-state index in [-0.39, 0.29) is 0 Å². The summed E-state index contributed by atoms with van der Waals surface area (Å²) in [5, 5.41) is 9.24. The third-order valence-corrected chi connectivity index (χ3v) is 4.44. The molecule has 106 valence electrons. The van der Waals surface area contributed by atoms with Crippen LogP contribution in [0.25, 0.3) is 11.0 Å². The van der Waals surface area contributed by atoms with Crippen molar-refractivity contribution in [3.05, 3.63) is 29.6 Å². The molecule has 1 N–H and O–H groups in total. The molecule has 0 bridgehead atoms. The Bertz CT molecular complexity index is 639. The molecule has 0 radical (unpaired) electrons. The average Bonchev–Trinajstić information content (AvgIpc) is 3.02. The van der Waals surface area contributed by atoms with Gasteiger partial charge in [0.25, 0.3) is 0 Å². The van der Waals surface area contributed by atoms with E-state index in [2.05, 4.69) is 9.55 Å². The zero-order chi connectivity index (χ0) is 14.1. The number of para-hydroxylation sites is 1. The van der Waals surface area contributed by atoms with Crippen LogP contribution in [0.5, 0.6) is 0 Å². The number of aromatic carboxylic acids is 1. The Balaban J connectivity index is 1.92. The van der Waals surface area contributed by atoms with E-state index in [1.165, 1.54) is 32.1 Å². The van der Waals surface area contributed by atoms with Crippen molar-refractivity contribution < 1.29 is 9.90 Å². The lowest BCUT2D eigenvalue weighted by atomic mass is 10.0. The molecule has 3 rings (SSSR count). The van der Waals surface area contributed by atoms with Crippen molar-refractivity contribution in [2.24, 2.45) is 5.92 Å². The van der Waals surface area contributed by atoms with Gasteiger partial charge in [0, 0.05) is 6.54 Å². The van der Waals surface area contributed by atoms with Gasteiger partial charge in [0.05, 0.1) is 11.1 Å². The van der Waals surface area contributed by atoms with Crippen LogP contribution in [-0.4, -0.2) is 20.6 Å². The highest BCUT2D eigenvalue weighted by atomic mass is 16.4. The first kappa shape index (κ1) is 13.2. The van der Waals surface area contributed by atoms with Crippen molar-refractivity contribution in [1.82, 2.24) is 9.55 Å². The molecule has 4 nitrogen and oxygen atoms in total. The van der Waals surface area contributed by atoms with Crippen LogP contribution in [0.15, 0.2) is 18.2 Å². The number of carboxylic acids is 1. The maximum Gasteiger partial charge on any atom is 0.337 e. The number of fused-ring (bicyclic) bond motifs is 1. The van der Waals surface area contributed by atoms with E-state index in [1.807, 2.05) is 13.0 Å². The number of carboxylic acid groups (broad SMARTS) is 1. The molecule has 0 aliphatic heterocycles. The molecule has 1 fully saturated rings. The Morgan fingerprint density at radius 3 is 2.85 bits per heavy atom. The predicted octanol–water partition coefficient (Wildman–Crippen LogP) is 3.62. The molecule has 0 saturated heterocycles. The van der Waals surface area contributed by atoms with Gasteiger partial charge in [-0.3, -0.25) is 0 Å². The fourth-order valence-corrected chi connectivity index (χ4v) is 3.33. The second-order valence-electron chi connectivity index (χ2n) is 5.73. The van der Waals surface area contributed by atoms with Gasteiger partial charge in [0.1, 0.15) is 11.3 Å². The summed E-state index contributed by atoms with van der Waals surface area (Å²) in [7, 11) is 0. The van der Waals surface area contributed by atoms with E-state index < -0.39 is 5.97 Å². The number of benzene rings is 1. The Morgan fingerprint density at radius 2 is 2.15 bits per heavy atom. The highest BCUT2D eigenvalue weighted by Crippen LogP contribution is 2.29. The second-order valence-corrected chi connectivity index (χ2v) is 5.73. The minimum absolute atomic E-state index is 0.296. The summed E-state index contributed by atoms with van der Waals surface area (Å²) in [6.45, 7) is 2.90. The van der Waals surface area contributed by atoms with Crippen LogP contribution in [0.4, 0.5) is 0 Å². The van der Waals surface area contributed by atoms with Crippen molar-refractivity contribution in [1.29, 1.82) is 0 Å². The van der Waals surface area contributed by atoms with Crippen LogP contribution < -0.4 is 0 Å². The first-order chi connectivity index (χ1) is 9.66.